The summed E-state index contributed by atoms with van der Waals surface area (Å²) < 4.78 is 13.1. The highest BCUT2D eigenvalue weighted by Gasteiger charge is 2.12. The molecule has 0 aliphatic heterocycles. The van der Waals surface area contributed by atoms with Gasteiger partial charge in [-0.1, -0.05) is 11.6 Å². The van der Waals surface area contributed by atoms with E-state index >= 15 is 0 Å². The van der Waals surface area contributed by atoms with Gasteiger partial charge in [0.25, 0.3) is 5.91 Å². The van der Waals surface area contributed by atoms with Crippen LogP contribution < -0.4 is 5.48 Å². The van der Waals surface area contributed by atoms with Crippen LogP contribution in [0.5, 0.6) is 0 Å². The third kappa shape index (κ3) is 3.48. The SMILES string of the molecule is O=C(O)CONC(=O)c1cc(Cl)ccc1F. The van der Waals surface area contributed by atoms with Crippen LogP contribution in [-0.4, -0.2) is 23.6 Å². The molecule has 7 heteroatoms. The molecule has 16 heavy (non-hydrogen) atoms. The molecule has 0 fully saturated rings. The van der Waals surface area contributed by atoms with E-state index in [1.54, 1.807) is 5.48 Å². The molecular weight excluding hydrogens is 241 g/mol. The van der Waals surface area contributed by atoms with Gasteiger partial charge in [0.15, 0.2) is 6.61 Å². The maximum Gasteiger partial charge on any atom is 0.332 e. The van der Waals surface area contributed by atoms with E-state index in [0.717, 1.165) is 12.1 Å². The van der Waals surface area contributed by atoms with Crippen LogP contribution in [0, 0.1) is 5.82 Å². The molecular formula is C9H7ClFNO4. The molecule has 5 nitrogen and oxygen atoms in total. The van der Waals surface area contributed by atoms with E-state index in [2.05, 4.69) is 4.84 Å². The molecule has 0 bridgehead atoms. The number of benzene rings is 1. The number of carbonyl (C=O) groups is 2. The van der Waals surface area contributed by atoms with Gasteiger partial charge in [0.05, 0.1) is 5.56 Å². The summed E-state index contributed by atoms with van der Waals surface area (Å²) in [5.74, 6) is -2.94. The lowest BCUT2D eigenvalue weighted by molar-refractivity contribution is -0.144. The van der Waals surface area contributed by atoms with Crippen molar-refractivity contribution in [1.82, 2.24) is 5.48 Å². The Bertz CT molecular complexity index is 424. The van der Waals surface area contributed by atoms with Gasteiger partial charge in [0, 0.05) is 5.02 Å². The first-order valence-electron chi connectivity index (χ1n) is 4.09. The molecule has 0 aliphatic rings. The highest BCUT2D eigenvalue weighted by atomic mass is 35.5. The Kier molecular flexibility index (Phi) is 4.21. The van der Waals surface area contributed by atoms with E-state index < -0.39 is 24.3 Å². The van der Waals surface area contributed by atoms with Gasteiger partial charge in [0.2, 0.25) is 0 Å². The lowest BCUT2D eigenvalue weighted by atomic mass is 10.2. The number of carboxylic acids is 1. The molecule has 0 aromatic heterocycles. The van der Waals surface area contributed by atoms with Crippen LogP contribution in [-0.2, 0) is 9.63 Å². The summed E-state index contributed by atoms with van der Waals surface area (Å²) in [6.45, 7) is -0.714. The highest BCUT2D eigenvalue weighted by molar-refractivity contribution is 6.30. The number of halogens is 2. The number of hydrogen-bond acceptors (Lipinski definition) is 3. The summed E-state index contributed by atoms with van der Waals surface area (Å²) >= 11 is 5.56. The molecule has 1 rings (SSSR count). The maximum atomic E-state index is 13.1. The van der Waals surface area contributed by atoms with Gasteiger partial charge >= 0.3 is 5.97 Å². The largest absolute Gasteiger partial charge is 0.479 e. The molecule has 0 radical (unpaired) electrons. The average Bonchev–Trinajstić information content (AvgIpc) is 2.21. The zero-order valence-corrected chi connectivity index (χ0v) is 8.62. The molecule has 0 aliphatic carbocycles. The van der Waals surface area contributed by atoms with Gasteiger partial charge in [0.1, 0.15) is 5.82 Å². The second-order valence-corrected chi connectivity index (χ2v) is 3.17. The molecule has 0 unspecified atom stereocenters. The zero-order chi connectivity index (χ0) is 12.1. The van der Waals surface area contributed by atoms with Crippen molar-refractivity contribution < 1.29 is 23.9 Å². The average molecular weight is 248 g/mol. The molecule has 1 amide bonds. The highest BCUT2D eigenvalue weighted by Crippen LogP contribution is 2.14. The fourth-order valence-electron chi connectivity index (χ4n) is 0.890. The molecule has 1 aromatic carbocycles. The summed E-state index contributed by atoms with van der Waals surface area (Å²) in [7, 11) is 0. The lowest BCUT2D eigenvalue weighted by Crippen LogP contribution is -2.27. The van der Waals surface area contributed by atoms with Gasteiger partial charge in [-0.3, -0.25) is 9.63 Å². The predicted molar refractivity (Wildman–Crippen MR) is 52.5 cm³/mol. The fourth-order valence-corrected chi connectivity index (χ4v) is 1.06. The Morgan fingerprint density at radius 1 is 1.50 bits per heavy atom. The Labute approximate surface area is 94.7 Å². The normalized spacial score (nSPS) is 9.88. The summed E-state index contributed by atoms with van der Waals surface area (Å²) in [5, 5.41) is 8.41. The molecule has 1 aromatic rings. The second kappa shape index (κ2) is 5.43. The van der Waals surface area contributed by atoms with Crippen LogP contribution in [0.15, 0.2) is 18.2 Å². The van der Waals surface area contributed by atoms with Gasteiger partial charge in [-0.05, 0) is 18.2 Å². The van der Waals surface area contributed by atoms with E-state index in [4.69, 9.17) is 16.7 Å². The predicted octanol–water partition coefficient (Wildman–Crippen LogP) is 1.23. The summed E-state index contributed by atoms with van der Waals surface area (Å²) in [6.07, 6.45) is 0. The molecule has 0 spiro atoms. The van der Waals surface area contributed by atoms with E-state index in [1.165, 1.54) is 6.07 Å². The minimum absolute atomic E-state index is 0.185. The van der Waals surface area contributed by atoms with E-state index in [9.17, 15) is 14.0 Å². The van der Waals surface area contributed by atoms with Crippen LogP contribution in [0.4, 0.5) is 4.39 Å². The number of rotatable bonds is 4. The zero-order valence-electron chi connectivity index (χ0n) is 7.87. The first kappa shape index (κ1) is 12.4. The smallest absolute Gasteiger partial charge is 0.332 e. The summed E-state index contributed by atoms with van der Waals surface area (Å²) in [6, 6.07) is 3.41. The number of hydrogen-bond donors (Lipinski definition) is 2. The van der Waals surface area contributed by atoms with Gasteiger partial charge in [-0.15, -0.1) is 0 Å². The van der Waals surface area contributed by atoms with Crippen LogP contribution in [0.1, 0.15) is 10.4 Å². The number of carbonyl (C=O) groups excluding carboxylic acids is 1. The molecule has 0 atom stereocenters. The van der Waals surface area contributed by atoms with Crippen molar-refractivity contribution in [3.63, 3.8) is 0 Å². The lowest BCUT2D eigenvalue weighted by Gasteiger charge is -2.04. The first-order valence-corrected chi connectivity index (χ1v) is 4.47. The Morgan fingerprint density at radius 3 is 2.81 bits per heavy atom. The van der Waals surface area contributed by atoms with Crippen LogP contribution in [0.3, 0.4) is 0 Å². The third-order valence-corrected chi connectivity index (χ3v) is 1.77. The standard InChI is InChI=1S/C9H7ClFNO4/c10-5-1-2-7(11)6(3-5)9(15)12-16-4-8(13)14/h1-3H,4H2,(H,12,15)(H,13,14). The van der Waals surface area contributed by atoms with Crippen molar-refractivity contribution in [2.75, 3.05) is 6.61 Å². The number of carboxylic acid groups (broad SMARTS) is 1. The number of nitrogens with one attached hydrogen (secondary N) is 1. The Hall–Kier alpha value is -1.66. The number of aliphatic carboxylic acids is 1. The summed E-state index contributed by atoms with van der Waals surface area (Å²) in [5.41, 5.74) is 1.46. The van der Waals surface area contributed by atoms with Gasteiger partial charge in [-0.2, -0.15) is 0 Å². The van der Waals surface area contributed by atoms with Gasteiger partial charge in [-0.25, -0.2) is 14.7 Å². The van der Waals surface area contributed by atoms with Crippen molar-refractivity contribution in [2.45, 2.75) is 0 Å². The fraction of sp³-hybridized carbons (Fsp3) is 0.111. The number of amides is 1. The van der Waals surface area contributed by atoms with Crippen LogP contribution in [0.2, 0.25) is 5.02 Å². The van der Waals surface area contributed by atoms with E-state index in [1.807, 2.05) is 0 Å². The summed E-state index contributed by atoms with van der Waals surface area (Å²) in [4.78, 5) is 25.6. The van der Waals surface area contributed by atoms with Crippen LogP contribution >= 0.6 is 11.6 Å². The monoisotopic (exact) mass is 247 g/mol. The van der Waals surface area contributed by atoms with Crippen molar-refractivity contribution in [3.05, 3.63) is 34.6 Å². The van der Waals surface area contributed by atoms with Crippen molar-refractivity contribution in [3.8, 4) is 0 Å². The Morgan fingerprint density at radius 2 is 2.19 bits per heavy atom. The second-order valence-electron chi connectivity index (χ2n) is 2.74. The van der Waals surface area contributed by atoms with Crippen molar-refractivity contribution >= 4 is 23.5 Å². The van der Waals surface area contributed by atoms with Crippen molar-refractivity contribution in [1.29, 1.82) is 0 Å². The van der Waals surface area contributed by atoms with E-state index in [-0.39, 0.29) is 10.6 Å². The number of hydroxylamine groups is 1. The minimum atomic E-state index is -1.26. The Balaban J connectivity index is 2.65. The third-order valence-electron chi connectivity index (χ3n) is 1.53. The molecule has 0 heterocycles. The molecule has 0 saturated carbocycles. The topological polar surface area (TPSA) is 75.6 Å². The van der Waals surface area contributed by atoms with E-state index in [0.29, 0.717) is 0 Å². The quantitative estimate of drug-likeness (QED) is 0.785. The maximum absolute atomic E-state index is 13.1. The molecule has 86 valence electrons. The van der Waals surface area contributed by atoms with Crippen molar-refractivity contribution in [2.24, 2.45) is 0 Å². The van der Waals surface area contributed by atoms with Gasteiger partial charge < -0.3 is 5.11 Å². The minimum Gasteiger partial charge on any atom is -0.479 e. The molecule has 2 N–H and O–H groups in total. The molecule has 0 saturated heterocycles. The first-order chi connectivity index (χ1) is 7.50. The van der Waals surface area contributed by atoms with Crippen LogP contribution in [0.25, 0.3) is 0 Å².